The van der Waals surface area contributed by atoms with Gasteiger partial charge in [-0.2, -0.15) is 5.10 Å². The fraction of sp³-hybridized carbons (Fsp3) is 0.0400. The zero-order chi connectivity index (χ0) is 22.9. The molecule has 9 heteroatoms. The molecule has 0 radical (unpaired) electrons. The summed E-state index contributed by atoms with van der Waals surface area (Å²) in [6.07, 6.45) is 6.79. The molecule has 0 aliphatic rings. The largest absolute Gasteiger partial charge is 0.352 e. The first-order valence-corrected chi connectivity index (χ1v) is 10.7. The minimum atomic E-state index is -0.0338. The van der Waals surface area contributed by atoms with E-state index >= 15 is 0 Å². The summed E-state index contributed by atoms with van der Waals surface area (Å²) in [4.78, 5) is 33.0. The van der Waals surface area contributed by atoms with Gasteiger partial charge in [0.2, 0.25) is 0 Å². The average Bonchev–Trinajstić information content (AvgIpc) is 3.51. The number of carbonyl (C=O) groups excluding carboxylic acids is 1. The van der Waals surface area contributed by atoms with Gasteiger partial charge in [0, 0.05) is 39.9 Å². The lowest BCUT2D eigenvalue weighted by Crippen LogP contribution is -2.05. The van der Waals surface area contributed by atoms with Crippen LogP contribution in [0.2, 0.25) is 0 Å². The molecule has 164 valence electrons. The van der Waals surface area contributed by atoms with Crippen LogP contribution in [0.1, 0.15) is 16.2 Å². The standard InChI is InChI=1S/C25H18N8O/c34-23(12-18-5-7-26-14-28-18)22-10-15-1-2-16(11-21(15)31-22)25-27-8-6-24(32-25)30-19-3-4-20-17(9-19)13-29-33-20/h1-11,13-14,31H,12H2,(H,29,33)(H,27,30,32). The van der Waals surface area contributed by atoms with Crippen molar-refractivity contribution in [3.05, 3.63) is 90.9 Å². The van der Waals surface area contributed by atoms with Gasteiger partial charge in [0.25, 0.3) is 0 Å². The van der Waals surface area contributed by atoms with Crippen molar-refractivity contribution in [2.45, 2.75) is 6.42 Å². The van der Waals surface area contributed by atoms with Crippen LogP contribution in [-0.4, -0.2) is 40.9 Å². The predicted octanol–water partition coefficient (Wildman–Crippen LogP) is 4.46. The van der Waals surface area contributed by atoms with Gasteiger partial charge in [0.05, 0.1) is 29.5 Å². The van der Waals surface area contributed by atoms with E-state index in [0.29, 0.717) is 23.0 Å². The Morgan fingerprint density at radius 1 is 0.912 bits per heavy atom. The number of ketones is 1. The van der Waals surface area contributed by atoms with Crippen molar-refractivity contribution in [1.29, 1.82) is 0 Å². The number of Topliss-reactive ketones (excluding diaryl/α,β-unsaturated/α-hetero) is 1. The maximum atomic E-state index is 12.7. The Morgan fingerprint density at radius 3 is 2.79 bits per heavy atom. The Morgan fingerprint density at radius 2 is 1.88 bits per heavy atom. The second-order valence-electron chi connectivity index (χ2n) is 7.85. The number of anilines is 2. The van der Waals surface area contributed by atoms with Gasteiger partial charge in [-0.25, -0.2) is 19.9 Å². The Bertz CT molecular complexity index is 1640. The molecule has 0 saturated heterocycles. The van der Waals surface area contributed by atoms with E-state index in [1.54, 1.807) is 24.7 Å². The van der Waals surface area contributed by atoms with Gasteiger partial charge < -0.3 is 10.3 Å². The van der Waals surface area contributed by atoms with Crippen LogP contribution < -0.4 is 5.32 Å². The quantitative estimate of drug-likeness (QED) is 0.323. The molecule has 0 bridgehead atoms. The first-order valence-electron chi connectivity index (χ1n) is 10.7. The van der Waals surface area contributed by atoms with Crippen LogP contribution in [-0.2, 0) is 6.42 Å². The number of rotatable bonds is 6. The van der Waals surface area contributed by atoms with E-state index in [1.165, 1.54) is 6.33 Å². The van der Waals surface area contributed by atoms with Gasteiger partial charge in [-0.3, -0.25) is 9.89 Å². The lowest BCUT2D eigenvalue weighted by molar-refractivity contribution is 0.0988. The van der Waals surface area contributed by atoms with Crippen LogP contribution in [0.15, 0.2) is 79.5 Å². The predicted molar refractivity (Wildman–Crippen MR) is 129 cm³/mol. The van der Waals surface area contributed by atoms with Crippen LogP contribution in [0.4, 0.5) is 11.5 Å². The number of carbonyl (C=O) groups is 1. The monoisotopic (exact) mass is 446 g/mol. The third-order valence-corrected chi connectivity index (χ3v) is 5.53. The molecular formula is C25H18N8O. The van der Waals surface area contributed by atoms with Gasteiger partial charge >= 0.3 is 0 Å². The van der Waals surface area contributed by atoms with Crippen LogP contribution in [0.25, 0.3) is 33.2 Å². The Kier molecular flexibility index (Phi) is 4.77. The van der Waals surface area contributed by atoms with E-state index in [1.807, 2.05) is 48.5 Å². The molecule has 6 aromatic rings. The molecule has 2 aromatic carbocycles. The zero-order valence-electron chi connectivity index (χ0n) is 17.9. The second-order valence-corrected chi connectivity index (χ2v) is 7.85. The zero-order valence-corrected chi connectivity index (χ0v) is 17.9. The summed E-state index contributed by atoms with van der Waals surface area (Å²) in [5, 5.41) is 12.3. The third kappa shape index (κ3) is 3.86. The minimum absolute atomic E-state index is 0.0338. The topological polar surface area (TPSA) is 125 Å². The average molecular weight is 446 g/mol. The summed E-state index contributed by atoms with van der Waals surface area (Å²) in [5.41, 5.74) is 4.79. The molecule has 0 amide bonds. The summed E-state index contributed by atoms with van der Waals surface area (Å²) < 4.78 is 0. The number of nitrogens with zero attached hydrogens (tertiary/aromatic N) is 5. The van der Waals surface area contributed by atoms with Crippen LogP contribution in [0, 0.1) is 0 Å². The first-order chi connectivity index (χ1) is 16.7. The number of H-pyrrole nitrogens is 2. The highest BCUT2D eigenvalue weighted by Crippen LogP contribution is 2.25. The Labute approximate surface area is 193 Å². The molecule has 9 nitrogen and oxygen atoms in total. The highest BCUT2D eigenvalue weighted by Gasteiger charge is 2.13. The second kappa shape index (κ2) is 8.21. The number of aromatic amines is 2. The van der Waals surface area contributed by atoms with Gasteiger partial charge in [-0.15, -0.1) is 0 Å². The lowest BCUT2D eigenvalue weighted by atomic mass is 10.1. The van der Waals surface area contributed by atoms with Crippen molar-refractivity contribution in [3.63, 3.8) is 0 Å². The molecule has 0 atom stereocenters. The summed E-state index contributed by atoms with van der Waals surface area (Å²) >= 11 is 0. The van der Waals surface area contributed by atoms with Gasteiger partial charge in [0.1, 0.15) is 12.1 Å². The molecule has 4 aromatic heterocycles. The molecule has 6 rings (SSSR count). The minimum Gasteiger partial charge on any atom is -0.352 e. The summed E-state index contributed by atoms with van der Waals surface area (Å²) in [6, 6.07) is 17.2. The van der Waals surface area contributed by atoms with Crippen molar-refractivity contribution in [2.24, 2.45) is 0 Å². The van der Waals surface area contributed by atoms with Crippen molar-refractivity contribution >= 4 is 39.1 Å². The fourth-order valence-corrected chi connectivity index (χ4v) is 3.83. The third-order valence-electron chi connectivity index (χ3n) is 5.53. The molecule has 0 spiro atoms. The van der Waals surface area contributed by atoms with Crippen molar-refractivity contribution < 1.29 is 4.79 Å². The molecule has 0 saturated carbocycles. The van der Waals surface area contributed by atoms with Crippen molar-refractivity contribution in [2.75, 3.05) is 5.32 Å². The summed E-state index contributed by atoms with van der Waals surface area (Å²) in [5.74, 6) is 1.23. The van der Waals surface area contributed by atoms with Gasteiger partial charge in [0.15, 0.2) is 11.6 Å². The van der Waals surface area contributed by atoms with E-state index in [-0.39, 0.29) is 12.2 Å². The van der Waals surface area contributed by atoms with E-state index in [9.17, 15) is 4.79 Å². The molecule has 3 N–H and O–H groups in total. The van der Waals surface area contributed by atoms with E-state index < -0.39 is 0 Å². The molecule has 0 aliphatic carbocycles. The maximum Gasteiger partial charge on any atom is 0.184 e. The number of hydrogen-bond donors (Lipinski definition) is 3. The maximum absolute atomic E-state index is 12.7. The first kappa shape index (κ1) is 19.7. The Balaban J connectivity index is 1.25. The highest BCUT2D eigenvalue weighted by molar-refractivity contribution is 6.00. The molecule has 34 heavy (non-hydrogen) atoms. The van der Waals surface area contributed by atoms with Crippen molar-refractivity contribution in [3.8, 4) is 11.4 Å². The van der Waals surface area contributed by atoms with Gasteiger partial charge in [-0.05, 0) is 42.5 Å². The SMILES string of the molecule is O=C(Cc1ccncn1)c1cc2ccc(-c3nccc(Nc4ccc5[nH]ncc5c4)n3)cc2[nH]1. The number of hydrogen-bond acceptors (Lipinski definition) is 7. The molecule has 0 aliphatic heterocycles. The number of aromatic nitrogens is 7. The fourth-order valence-electron chi connectivity index (χ4n) is 3.83. The van der Waals surface area contributed by atoms with Crippen LogP contribution in [0.3, 0.4) is 0 Å². The van der Waals surface area contributed by atoms with E-state index in [0.717, 1.165) is 33.1 Å². The van der Waals surface area contributed by atoms with Crippen LogP contribution in [0.5, 0.6) is 0 Å². The van der Waals surface area contributed by atoms with E-state index in [4.69, 9.17) is 0 Å². The summed E-state index contributed by atoms with van der Waals surface area (Å²) in [6.45, 7) is 0. The van der Waals surface area contributed by atoms with Gasteiger partial charge in [-0.1, -0.05) is 12.1 Å². The smallest absolute Gasteiger partial charge is 0.184 e. The molecule has 4 heterocycles. The van der Waals surface area contributed by atoms with E-state index in [2.05, 4.69) is 40.4 Å². The normalized spacial score (nSPS) is 11.2. The van der Waals surface area contributed by atoms with Crippen molar-refractivity contribution in [1.82, 2.24) is 35.1 Å². The molecular weight excluding hydrogens is 428 g/mol. The molecule has 0 fully saturated rings. The Hall–Kier alpha value is -4.92. The summed E-state index contributed by atoms with van der Waals surface area (Å²) in [7, 11) is 0. The lowest BCUT2D eigenvalue weighted by Gasteiger charge is -2.07. The van der Waals surface area contributed by atoms with Crippen LogP contribution >= 0.6 is 0 Å². The number of benzene rings is 2. The number of fused-ring (bicyclic) bond motifs is 2. The highest BCUT2D eigenvalue weighted by atomic mass is 16.1. The molecule has 0 unspecified atom stereocenters. The number of nitrogens with one attached hydrogen (secondary N) is 3.